The van der Waals surface area contributed by atoms with E-state index in [0.29, 0.717) is 6.29 Å². The van der Waals surface area contributed by atoms with Crippen LogP contribution in [0.25, 0.3) is 0 Å². The summed E-state index contributed by atoms with van der Waals surface area (Å²) < 4.78 is 0. The lowest BCUT2D eigenvalue weighted by Gasteiger charge is -2.07. The Labute approximate surface area is 162 Å². The van der Waals surface area contributed by atoms with Gasteiger partial charge in [-0.25, -0.2) is 0 Å². The van der Waals surface area contributed by atoms with Crippen molar-refractivity contribution in [1.29, 1.82) is 0 Å². The molecule has 0 saturated carbocycles. The van der Waals surface area contributed by atoms with Crippen LogP contribution in [0.15, 0.2) is 0 Å². The monoisotopic (exact) mass is 391 g/mol. The van der Waals surface area contributed by atoms with E-state index in [1.54, 1.807) is 7.05 Å². The zero-order valence-electron chi connectivity index (χ0n) is 17.7. The van der Waals surface area contributed by atoms with Crippen molar-refractivity contribution in [2.75, 3.05) is 39.8 Å². The molecule has 0 heterocycles. The summed E-state index contributed by atoms with van der Waals surface area (Å²) in [5.74, 6) is -1.95. The highest BCUT2D eigenvalue weighted by Crippen LogP contribution is 1.70. The molecule has 4 amide bonds. The molecule has 0 rings (SSSR count). The summed E-state index contributed by atoms with van der Waals surface area (Å²) in [5.41, 5.74) is 0. The van der Waals surface area contributed by atoms with Crippen LogP contribution in [0, 0.1) is 0 Å². The number of hydrogen-bond donors (Lipinski definition) is 5. The molecule has 0 aromatic heterocycles. The van der Waals surface area contributed by atoms with Gasteiger partial charge in [-0.3, -0.25) is 19.2 Å². The number of likely N-dealkylation sites (N-methyl/N-ethyl adjacent to an activating group) is 1. The average molecular weight is 392 g/mol. The Kier molecular flexibility index (Phi) is 33.8. The predicted octanol–water partition coefficient (Wildman–Crippen LogP) is -1.05. The van der Waals surface area contributed by atoms with Gasteiger partial charge < -0.3 is 31.4 Å². The van der Waals surface area contributed by atoms with Crippen LogP contribution >= 0.6 is 0 Å². The fourth-order valence-electron chi connectivity index (χ4n) is 1.10. The van der Waals surface area contributed by atoms with Crippen molar-refractivity contribution in [3.8, 4) is 0 Å². The Morgan fingerprint density at radius 3 is 1.19 bits per heavy atom. The number of aldehydes is 1. The lowest BCUT2D eigenvalue weighted by atomic mass is 10.4. The van der Waals surface area contributed by atoms with Crippen molar-refractivity contribution in [2.24, 2.45) is 0 Å². The lowest BCUT2D eigenvalue weighted by Crippen LogP contribution is -2.45. The number of rotatable bonds is 10. The SMILES string of the molecule is CC.CC.CC.CNCC(=O)NCC(=O)NCC(=O)NCC(=O)NCC=O. The molecule has 0 fully saturated rings. The third-order valence-electron chi connectivity index (χ3n) is 2.06. The van der Waals surface area contributed by atoms with Gasteiger partial charge in [-0.2, -0.15) is 0 Å². The summed E-state index contributed by atoms with van der Waals surface area (Å²) in [6.07, 6.45) is 0.516. The minimum Gasteiger partial charge on any atom is -0.348 e. The van der Waals surface area contributed by atoms with Crippen LogP contribution in [0.4, 0.5) is 0 Å². The minimum atomic E-state index is -0.564. The molecule has 160 valence electrons. The first-order chi connectivity index (χ1) is 13.0. The average Bonchev–Trinajstić information content (AvgIpc) is 2.72. The third-order valence-corrected chi connectivity index (χ3v) is 2.06. The van der Waals surface area contributed by atoms with Crippen molar-refractivity contribution in [1.82, 2.24) is 26.6 Å². The van der Waals surface area contributed by atoms with E-state index in [-0.39, 0.29) is 38.6 Å². The van der Waals surface area contributed by atoms with Crippen LogP contribution in [0.5, 0.6) is 0 Å². The molecule has 0 radical (unpaired) electrons. The van der Waals surface area contributed by atoms with Gasteiger partial charge in [0.15, 0.2) is 0 Å². The zero-order valence-corrected chi connectivity index (χ0v) is 17.7. The summed E-state index contributed by atoms with van der Waals surface area (Å²) in [6, 6.07) is 0. The molecular formula is C17H37N5O5. The number of nitrogens with one attached hydrogen (secondary N) is 5. The van der Waals surface area contributed by atoms with Gasteiger partial charge in [-0.15, -0.1) is 0 Å². The maximum atomic E-state index is 11.3. The van der Waals surface area contributed by atoms with Gasteiger partial charge in [0, 0.05) is 0 Å². The van der Waals surface area contributed by atoms with Crippen LogP contribution in [-0.2, 0) is 24.0 Å². The van der Waals surface area contributed by atoms with Gasteiger partial charge in [-0.1, -0.05) is 41.5 Å². The van der Waals surface area contributed by atoms with Crippen molar-refractivity contribution in [2.45, 2.75) is 41.5 Å². The van der Waals surface area contributed by atoms with Crippen LogP contribution in [0.2, 0.25) is 0 Å². The second-order valence-electron chi connectivity index (χ2n) is 3.83. The van der Waals surface area contributed by atoms with E-state index in [2.05, 4.69) is 26.6 Å². The summed E-state index contributed by atoms with van der Waals surface area (Å²) in [5, 5.41) is 11.7. The number of hydrogen-bond acceptors (Lipinski definition) is 6. The van der Waals surface area contributed by atoms with Crippen molar-refractivity contribution >= 4 is 29.9 Å². The topological polar surface area (TPSA) is 146 Å². The molecule has 10 heteroatoms. The smallest absolute Gasteiger partial charge is 0.239 e. The quantitative estimate of drug-likeness (QED) is 0.300. The van der Waals surface area contributed by atoms with Crippen LogP contribution in [0.3, 0.4) is 0 Å². The first-order valence-corrected chi connectivity index (χ1v) is 9.14. The van der Waals surface area contributed by atoms with E-state index in [9.17, 15) is 24.0 Å². The van der Waals surface area contributed by atoms with Crippen molar-refractivity contribution < 1.29 is 24.0 Å². The largest absolute Gasteiger partial charge is 0.348 e. The summed E-state index contributed by atoms with van der Waals surface area (Å²) >= 11 is 0. The third kappa shape index (κ3) is 28.6. The minimum absolute atomic E-state index is 0.0870. The molecule has 0 aromatic rings. The Morgan fingerprint density at radius 2 is 0.889 bits per heavy atom. The van der Waals surface area contributed by atoms with Gasteiger partial charge in [0.2, 0.25) is 23.6 Å². The molecule has 0 unspecified atom stereocenters. The molecule has 0 spiro atoms. The lowest BCUT2D eigenvalue weighted by molar-refractivity contribution is -0.128. The van der Waals surface area contributed by atoms with Gasteiger partial charge in [0.25, 0.3) is 0 Å². The molecule has 0 aliphatic rings. The van der Waals surface area contributed by atoms with Crippen molar-refractivity contribution in [3.63, 3.8) is 0 Å². The maximum absolute atomic E-state index is 11.3. The molecule has 0 aliphatic carbocycles. The van der Waals surface area contributed by atoms with E-state index < -0.39 is 17.7 Å². The van der Waals surface area contributed by atoms with E-state index >= 15 is 0 Å². The van der Waals surface area contributed by atoms with Gasteiger partial charge in [0.1, 0.15) is 6.29 Å². The summed E-state index contributed by atoms with van der Waals surface area (Å²) in [7, 11) is 1.59. The fraction of sp³-hybridized carbons (Fsp3) is 0.706. The van der Waals surface area contributed by atoms with Gasteiger partial charge in [0.05, 0.1) is 32.7 Å². The van der Waals surface area contributed by atoms with Gasteiger partial charge >= 0.3 is 0 Å². The first kappa shape index (κ1) is 32.2. The highest BCUT2D eigenvalue weighted by molar-refractivity contribution is 5.90. The molecular weight excluding hydrogens is 354 g/mol. The first-order valence-electron chi connectivity index (χ1n) is 9.14. The number of amides is 4. The molecule has 0 bridgehead atoms. The van der Waals surface area contributed by atoms with E-state index in [4.69, 9.17) is 0 Å². The van der Waals surface area contributed by atoms with Crippen LogP contribution in [-0.4, -0.2) is 69.7 Å². The Morgan fingerprint density at radius 1 is 0.593 bits per heavy atom. The Balaban J connectivity index is -0.000000397. The molecule has 0 atom stereocenters. The molecule has 5 N–H and O–H groups in total. The molecule has 0 saturated heterocycles. The van der Waals surface area contributed by atoms with E-state index in [1.807, 2.05) is 41.5 Å². The summed E-state index contributed by atoms with van der Waals surface area (Å²) in [6.45, 7) is 11.1. The maximum Gasteiger partial charge on any atom is 0.239 e. The normalized spacial score (nSPS) is 7.96. The molecule has 10 nitrogen and oxygen atoms in total. The second kappa shape index (κ2) is 28.3. The van der Waals surface area contributed by atoms with E-state index in [0.717, 1.165) is 0 Å². The van der Waals surface area contributed by atoms with Crippen LogP contribution in [0.1, 0.15) is 41.5 Å². The molecule has 0 aromatic carbocycles. The zero-order chi connectivity index (χ0) is 22.1. The van der Waals surface area contributed by atoms with Crippen LogP contribution < -0.4 is 26.6 Å². The Bertz CT molecular complexity index is 403. The van der Waals surface area contributed by atoms with Crippen molar-refractivity contribution in [3.05, 3.63) is 0 Å². The van der Waals surface area contributed by atoms with E-state index in [1.165, 1.54) is 0 Å². The standard InChI is InChI=1S/C11H19N5O5.3C2H6/c1-12-4-8(18)14-6-10(20)16-7-11(21)15-5-9(19)13-2-3-17;3*1-2/h3,12H,2,4-7H2,1H3,(H,13,19)(H,14,18)(H,15,21)(H,16,20);3*1-2H3. The number of carbonyl (C=O) groups excluding carboxylic acids is 5. The molecule has 27 heavy (non-hydrogen) atoms. The predicted molar refractivity (Wildman–Crippen MR) is 106 cm³/mol. The second-order valence-corrected chi connectivity index (χ2v) is 3.83. The van der Waals surface area contributed by atoms with Gasteiger partial charge in [-0.05, 0) is 7.05 Å². The number of carbonyl (C=O) groups is 5. The highest BCUT2D eigenvalue weighted by atomic mass is 16.2. The molecule has 0 aliphatic heterocycles. The Hall–Kier alpha value is -2.49. The summed E-state index contributed by atoms with van der Waals surface area (Å²) in [4.78, 5) is 54.7. The fourth-order valence-corrected chi connectivity index (χ4v) is 1.10. The highest BCUT2D eigenvalue weighted by Gasteiger charge is 2.08.